The van der Waals surface area contributed by atoms with Gasteiger partial charge in [0.2, 0.25) is 0 Å². The Balaban J connectivity index is 1.78. The molecule has 0 unspecified atom stereocenters. The number of aliphatic hydroxyl groups is 1. The van der Waals surface area contributed by atoms with E-state index in [2.05, 4.69) is 5.32 Å². The molecule has 3 aromatic carbocycles. The van der Waals surface area contributed by atoms with Gasteiger partial charge in [0.25, 0.3) is 0 Å². The molecule has 0 bridgehead atoms. The molecule has 0 heterocycles. The normalized spacial score (nSPS) is 14.1. The number of aliphatic carboxylic acids is 1. The largest absolute Gasteiger partial charge is 0.481 e. The Kier molecular flexibility index (Phi) is 11.9. The molecule has 0 aliphatic carbocycles. The van der Waals surface area contributed by atoms with Crippen LogP contribution in [0.4, 0.5) is 4.79 Å². The van der Waals surface area contributed by atoms with Gasteiger partial charge in [-0.3, -0.25) is 9.59 Å². The quantitative estimate of drug-likeness (QED) is 0.234. The molecule has 0 aliphatic rings. The highest BCUT2D eigenvalue weighted by atomic mass is 16.5. The summed E-state index contributed by atoms with van der Waals surface area (Å²) in [4.78, 5) is 38.0. The van der Waals surface area contributed by atoms with Crippen LogP contribution in [0.5, 0.6) is 0 Å². The van der Waals surface area contributed by atoms with Gasteiger partial charge in [-0.25, -0.2) is 4.79 Å². The lowest BCUT2D eigenvalue weighted by Gasteiger charge is -2.28. The second-order valence-electron chi connectivity index (χ2n) is 10.6. The van der Waals surface area contributed by atoms with Gasteiger partial charge in [-0.05, 0) is 41.9 Å². The van der Waals surface area contributed by atoms with Crippen molar-refractivity contribution < 1.29 is 29.3 Å². The van der Waals surface area contributed by atoms with Gasteiger partial charge < -0.3 is 20.3 Å². The highest BCUT2D eigenvalue weighted by molar-refractivity contribution is 5.86. The van der Waals surface area contributed by atoms with Crippen molar-refractivity contribution >= 4 is 17.8 Å². The van der Waals surface area contributed by atoms with Crippen LogP contribution in [0.2, 0.25) is 0 Å². The number of Topliss-reactive ketones (excluding diaryl/α,β-unsaturated/α-hetero) is 1. The Bertz CT molecular complexity index is 1200. The van der Waals surface area contributed by atoms with Crippen LogP contribution in [0.3, 0.4) is 0 Å². The van der Waals surface area contributed by atoms with Gasteiger partial charge in [-0.2, -0.15) is 0 Å². The number of amides is 1. The first kappa shape index (κ1) is 30.6. The van der Waals surface area contributed by atoms with Crippen molar-refractivity contribution in [1.82, 2.24) is 5.32 Å². The van der Waals surface area contributed by atoms with Crippen LogP contribution in [-0.2, 0) is 33.8 Å². The van der Waals surface area contributed by atoms with E-state index in [1.807, 2.05) is 91.0 Å². The number of carbonyl (C=O) groups excluding carboxylic acids is 2. The number of rotatable bonds is 15. The van der Waals surface area contributed by atoms with Crippen LogP contribution in [-0.4, -0.2) is 40.2 Å². The van der Waals surface area contributed by atoms with Crippen molar-refractivity contribution in [2.24, 2.45) is 17.8 Å². The first-order chi connectivity index (χ1) is 19.2. The predicted octanol–water partition coefficient (Wildman–Crippen LogP) is 5.45. The van der Waals surface area contributed by atoms with Crippen LogP contribution in [0.1, 0.15) is 43.4 Å². The van der Waals surface area contributed by atoms with Crippen molar-refractivity contribution in [2.45, 2.75) is 58.3 Å². The Morgan fingerprint density at radius 3 is 1.77 bits per heavy atom. The molecule has 3 aromatic rings. The summed E-state index contributed by atoms with van der Waals surface area (Å²) in [6.45, 7) is 3.66. The Morgan fingerprint density at radius 2 is 1.27 bits per heavy atom. The average molecular weight is 546 g/mol. The molecule has 0 saturated heterocycles. The molecule has 1 amide bonds. The van der Waals surface area contributed by atoms with Crippen LogP contribution < -0.4 is 5.32 Å². The number of carboxylic acid groups (broad SMARTS) is 1. The van der Waals surface area contributed by atoms with Crippen LogP contribution >= 0.6 is 0 Å². The van der Waals surface area contributed by atoms with Crippen LogP contribution in [0.15, 0.2) is 91.0 Å². The van der Waals surface area contributed by atoms with Crippen molar-refractivity contribution in [1.29, 1.82) is 0 Å². The van der Waals surface area contributed by atoms with E-state index < -0.39 is 36.0 Å². The molecular weight excluding hydrogens is 506 g/mol. The smallest absolute Gasteiger partial charge is 0.407 e. The third-order valence-electron chi connectivity index (χ3n) is 7.13. The van der Waals surface area contributed by atoms with E-state index in [4.69, 9.17) is 4.74 Å². The summed E-state index contributed by atoms with van der Waals surface area (Å²) in [6, 6.07) is 27.5. The predicted molar refractivity (Wildman–Crippen MR) is 154 cm³/mol. The molecule has 40 heavy (non-hydrogen) atoms. The third kappa shape index (κ3) is 9.97. The molecule has 0 aromatic heterocycles. The number of hydrogen-bond donors (Lipinski definition) is 3. The van der Waals surface area contributed by atoms with Crippen molar-refractivity contribution in [3.8, 4) is 0 Å². The standard InChI is InChI=1S/C33H39NO6/c1-23(2)28(32(37)38)21-30(35)27(18-24-12-6-3-7-13-24)20-31(36)29(19-25-14-8-4-9-15-25)34-33(39)40-22-26-16-10-5-11-17-26/h3-17,23,27-29,31,36H,18-22H2,1-2H3,(H,34,39)(H,37,38)/t27-,28-,29-,31-/m0/s1. The number of ketones is 1. The maximum Gasteiger partial charge on any atom is 0.407 e. The summed E-state index contributed by atoms with van der Waals surface area (Å²) in [5.74, 6) is -2.87. The number of carboxylic acids is 1. The summed E-state index contributed by atoms with van der Waals surface area (Å²) < 4.78 is 5.41. The van der Waals surface area contributed by atoms with E-state index in [1.165, 1.54) is 0 Å². The Labute approximate surface area is 236 Å². The molecule has 0 radical (unpaired) electrons. The number of nitrogens with one attached hydrogen (secondary N) is 1. The maximum absolute atomic E-state index is 13.5. The van der Waals surface area contributed by atoms with Gasteiger partial charge in [-0.15, -0.1) is 0 Å². The number of benzene rings is 3. The highest BCUT2D eigenvalue weighted by Gasteiger charge is 2.32. The number of hydrogen-bond acceptors (Lipinski definition) is 5. The molecule has 0 spiro atoms. The number of carbonyl (C=O) groups is 3. The summed E-state index contributed by atoms with van der Waals surface area (Å²) in [6.07, 6.45) is -1.11. The Morgan fingerprint density at radius 1 is 0.775 bits per heavy atom. The van der Waals surface area contributed by atoms with Crippen LogP contribution in [0.25, 0.3) is 0 Å². The van der Waals surface area contributed by atoms with Gasteiger partial charge in [0.05, 0.1) is 18.1 Å². The van der Waals surface area contributed by atoms with E-state index in [1.54, 1.807) is 13.8 Å². The van der Waals surface area contributed by atoms with Gasteiger partial charge >= 0.3 is 12.1 Å². The summed E-state index contributed by atoms with van der Waals surface area (Å²) >= 11 is 0. The number of alkyl carbamates (subject to hydrolysis) is 1. The van der Waals surface area contributed by atoms with Gasteiger partial charge in [0, 0.05) is 12.3 Å². The SMILES string of the molecule is CC(C)[C@H](CC(=O)[C@@H](Cc1ccccc1)C[C@H](O)[C@H](Cc1ccccc1)NC(=O)OCc1ccccc1)C(=O)O. The van der Waals surface area contributed by atoms with E-state index >= 15 is 0 Å². The minimum Gasteiger partial charge on any atom is -0.481 e. The summed E-state index contributed by atoms with van der Waals surface area (Å²) in [5, 5.41) is 23.9. The molecule has 0 saturated carbocycles. The molecule has 212 valence electrons. The Hall–Kier alpha value is -3.97. The molecule has 0 aliphatic heterocycles. The lowest BCUT2D eigenvalue weighted by atomic mass is 9.81. The molecule has 7 heteroatoms. The zero-order valence-corrected chi connectivity index (χ0v) is 23.1. The minimum absolute atomic E-state index is 0.0641. The second kappa shape index (κ2) is 15.6. The number of aliphatic hydroxyl groups excluding tert-OH is 1. The monoisotopic (exact) mass is 545 g/mol. The fourth-order valence-electron chi connectivity index (χ4n) is 4.74. The van der Waals surface area contributed by atoms with Crippen LogP contribution in [0, 0.1) is 17.8 Å². The molecule has 0 fully saturated rings. The molecule has 4 atom stereocenters. The van der Waals surface area contributed by atoms with Gasteiger partial charge in [0.15, 0.2) is 0 Å². The van der Waals surface area contributed by atoms with E-state index in [-0.39, 0.29) is 31.1 Å². The van der Waals surface area contributed by atoms with Crippen molar-refractivity contribution in [3.63, 3.8) is 0 Å². The second-order valence-corrected chi connectivity index (χ2v) is 10.6. The maximum atomic E-state index is 13.5. The number of ether oxygens (including phenoxy) is 1. The lowest BCUT2D eigenvalue weighted by Crippen LogP contribution is -2.46. The fraction of sp³-hybridized carbons (Fsp3) is 0.364. The third-order valence-corrected chi connectivity index (χ3v) is 7.13. The molecular formula is C33H39NO6. The fourth-order valence-corrected chi connectivity index (χ4v) is 4.74. The molecule has 3 N–H and O–H groups in total. The zero-order valence-electron chi connectivity index (χ0n) is 23.1. The van der Waals surface area contributed by atoms with Gasteiger partial charge in [0.1, 0.15) is 12.4 Å². The summed E-state index contributed by atoms with van der Waals surface area (Å²) in [7, 11) is 0. The first-order valence-electron chi connectivity index (χ1n) is 13.7. The lowest BCUT2D eigenvalue weighted by molar-refractivity contribution is -0.146. The van der Waals surface area contributed by atoms with E-state index in [0.29, 0.717) is 12.8 Å². The minimum atomic E-state index is -1.08. The van der Waals surface area contributed by atoms with Crippen molar-refractivity contribution in [2.75, 3.05) is 0 Å². The summed E-state index contributed by atoms with van der Waals surface area (Å²) in [5.41, 5.74) is 2.66. The molecule has 7 nitrogen and oxygen atoms in total. The average Bonchev–Trinajstić information content (AvgIpc) is 2.95. The van der Waals surface area contributed by atoms with E-state index in [9.17, 15) is 24.6 Å². The zero-order chi connectivity index (χ0) is 28.9. The first-order valence-corrected chi connectivity index (χ1v) is 13.7. The van der Waals surface area contributed by atoms with E-state index in [0.717, 1.165) is 16.7 Å². The van der Waals surface area contributed by atoms with Crippen molar-refractivity contribution in [3.05, 3.63) is 108 Å². The topological polar surface area (TPSA) is 113 Å². The van der Waals surface area contributed by atoms with Gasteiger partial charge in [-0.1, -0.05) is 105 Å². The highest BCUT2D eigenvalue weighted by Crippen LogP contribution is 2.25. The molecule has 3 rings (SSSR count).